The molecule has 1 aromatic carbocycles. The van der Waals surface area contributed by atoms with E-state index in [1.54, 1.807) is 11.3 Å². The maximum atomic E-state index is 12.5. The Labute approximate surface area is 165 Å². The largest absolute Gasteiger partial charge is 0.315 e. The minimum atomic E-state index is -0.0951. The molecule has 0 spiro atoms. The number of rotatable bonds is 7. The van der Waals surface area contributed by atoms with E-state index < -0.39 is 0 Å². The van der Waals surface area contributed by atoms with Crippen LogP contribution in [0.5, 0.6) is 0 Å². The highest BCUT2D eigenvalue weighted by molar-refractivity contribution is 7.16. The van der Waals surface area contributed by atoms with E-state index in [-0.39, 0.29) is 18.5 Å². The Morgan fingerprint density at radius 3 is 2.63 bits per heavy atom. The van der Waals surface area contributed by atoms with E-state index in [1.165, 1.54) is 16.0 Å². The number of benzene rings is 1. The molecule has 0 bridgehead atoms. The molecule has 27 heavy (non-hydrogen) atoms. The van der Waals surface area contributed by atoms with Gasteiger partial charge < -0.3 is 10.6 Å². The molecule has 0 saturated carbocycles. The number of hydrogen-bond donors (Lipinski definition) is 2. The van der Waals surface area contributed by atoms with Crippen LogP contribution in [-0.2, 0) is 24.1 Å². The SMILES string of the molecule is CCc1ccc([C@@H](NCC(=O)Nc2sc3c(c2C#N)CCC3)C(C)C)cc1. The Balaban J connectivity index is 1.64. The van der Waals surface area contributed by atoms with Gasteiger partial charge in [-0.05, 0) is 48.3 Å². The highest BCUT2D eigenvalue weighted by atomic mass is 32.1. The van der Waals surface area contributed by atoms with Crippen LogP contribution in [0.1, 0.15) is 60.4 Å². The maximum Gasteiger partial charge on any atom is 0.238 e. The van der Waals surface area contributed by atoms with Gasteiger partial charge in [0.1, 0.15) is 11.1 Å². The molecule has 1 aromatic heterocycles. The van der Waals surface area contributed by atoms with Crippen molar-refractivity contribution in [2.45, 2.75) is 52.5 Å². The minimum Gasteiger partial charge on any atom is -0.315 e. The first-order valence-electron chi connectivity index (χ1n) is 9.70. The Hall–Kier alpha value is -2.16. The van der Waals surface area contributed by atoms with E-state index in [0.717, 1.165) is 31.2 Å². The van der Waals surface area contributed by atoms with Gasteiger partial charge in [-0.15, -0.1) is 11.3 Å². The van der Waals surface area contributed by atoms with Crippen molar-refractivity contribution in [1.82, 2.24) is 5.32 Å². The standard InChI is InChI=1S/C22H27N3OS/c1-4-15-8-10-16(11-9-15)21(14(2)3)24-13-20(26)25-22-18(12-23)17-6-5-7-19(17)27-22/h8-11,14,21,24H,4-7,13H2,1-3H3,(H,25,26)/t21-/m0/s1. The monoisotopic (exact) mass is 381 g/mol. The van der Waals surface area contributed by atoms with Gasteiger partial charge in [-0.1, -0.05) is 45.0 Å². The van der Waals surface area contributed by atoms with Gasteiger partial charge >= 0.3 is 0 Å². The normalized spacial score (nSPS) is 14.0. The van der Waals surface area contributed by atoms with Crippen molar-refractivity contribution in [3.63, 3.8) is 0 Å². The number of carbonyl (C=O) groups excluding carboxylic acids is 1. The smallest absolute Gasteiger partial charge is 0.238 e. The van der Waals surface area contributed by atoms with E-state index in [4.69, 9.17) is 0 Å². The number of anilines is 1. The molecule has 0 radical (unpaired) electrons. The second kappa shape index (κ2) is 8.69. The fraction of sp³-hybridized carbons (Fsp3) is 0.455. The Morgan fingerprint density at radius 1 is 1.26 bits per heavy atom. The summed E-state index contributed by atoms with van der Waals surface area (Å²) in [5.74, 6) is 0.271. The summed E-state index contributed by atoms with van der Waals surface area (Å²) in [4.78, 5) is 13.7. The molecular formula is C22H27N3OS. The third kappa shape index (κ3) is 4.40. The Bertz CT molecular complexity index is 846. The van der Waals surface area contributed by atoms with E-state index in [0.29, 0.717) is 16.5 Å². The van der Waals surface area contributed by atoms with Crippen LogP contribution in [-0.4, -0.2) is 12.5 Å². The fourth-order valence-electron chi connectivity index (χ4n) is 3.68. The number of aryl methyl sites for hydroxylation is 2. The van der Waals surface area contributed by atoms with Crippen LogP contribution in [0.2, 0.25) is 0 Å². The molecule has 1 aliphatic rings. The van der Waals surface area contributed by atoms with Crippen LogP contribution < -0.4 is 10.6 Å². The van der Waals surface area contributed by atoms with Gasteiger partial charge in [0.05, 0.1) is 12.1 Å². The average Bonchev–Trinajstić information content (AvgIpc) is 3.22. The molecule has 1 amide bonds. The summed E-state index contributed by atoms with van der Waals surface area (Å²) in [5.41, 5.74) is 4.31. The number of nitriles is 1. The van der Waals surface area contributed by atoms with Crippen molar-refractivity contribution < 1.29 is 4.79 Å². The van der Waals surface area contributed by atoms with Gasteiger partial charge in [0.25, 0.3) is 0 Å². The van der Waals surface area contributed by atoms with Crippen molar-refractivity contribution in [2.24, 2.45) is 5.92 Å². The zero-order valence-electron chi connectivity index (χ0n) is 16.3. The van der Waals surface area contributed by atoms with Gasteiger partial charge in [0, 0.05) is 10.9 Å². The molecule has 0 fully saturated rings. The van der Waals surface area contributed by atoms with Crippen molar-refractivity contribution >= 4 is 22.2 Å². The fourth-order valence-corrected chi connectivity index (χ4v) is 4.94. The first kappa shape index (κ1) is 19.6. The first-order chi connectivity index (χ1) is 13.0. The minimum absolute atomic E-state index is 0.0951. The highest BCUT2D eigenvalue weighted by Gasteiger charge is 2.23. The van der Waals surface area contributed by atoms with E-state index in [2.05, 4.69) is 61.7 Å². The van der Waals surface area contributed by atoms with Crippen LogP contribution in [0, 0.1) is 17.2 Å². The van der Waals surface area contributed by atoms with Crippen molar-refractivity contribution in [2.75, 3.05) is 11.9 Å². The molecule has 1 atom stereocenters. The van der Waals surface area contributed by atoms with Crippen molar-refractivity contribution in [3.8, 4) is 6.07 Å². The molecule has 2 N–H and O–H groups in total. The molecule has 5 heteroatoms. The topological polar surface area (TPSA) is 64.9 Å². The molecule has 3 rings (SSSR count). The molecule has 0 aliphatic heterocycles. The lowest BCUT2D eigenvalue weighted by Gasteiger charge is -2.23. The van der Waals surface area contributed by atoms with E-state index >= 15 is 0 Å². The van der Waals surface area contributed by atoms with Crippen molar-refractivity contribution in [3.05, 3.63) is 51.4 Å². The van der Waals surface area contributed by atoms with Gasteiger partial charge in [0.15, 0.2) is 0 Å². The van der Waals surface area contributed by atoms with Gasteiger partial charge in [-0.2, -0.15) is 5.26 Å². The summed E-state index contributed by atoms with van der Waals surface area (Å²) in [7, 11) is 0. The molecule has 0 unspecified atom stereocenters. The van der Waals surface area contributed by atoms with Crippen LogP contribution in [0.3, 0.4) is 0 Å². The van der Waals surface area contributed by atoms with Crippen LogP contribution in [0.4, 0.5) is 5.00 Å². The molecule has 4 nitrogen and oxygen atoms in total. The number of hydrogen-bond acceptors (Lipinski definition) is 4. The Kier molecular flexibility index (Phi) is 6.30. The lowest BCUT2D eigenvalue weighted by atomic mass is 9.95. The predicted molar refractivity (Wildman–Crippen MR) is 111 cm³/mol. The summed E-state index contributed by atoms with van der Waals surface area (Å²) < 4.78 is 0. The third-order valence-corrected chi connectivity index (χ3v) is 6.39. The maximum absolute atomic E-state index is 12.5. The van der Waals surface area contributed by atoms with Crippen LogP contribution in [0.25, 0.3) is 0 Å². The lowest BCUT2D eigenvalue weighted by molar-refractivity contribution is -0.115. The number of thiophene rings is 1. The third-order valence-electron chi connectivity index (χ3n) is 5.18. The number of nitrogens with one attached hydrogen (secondary N) is 2. The highest BCUT2D eigenvalue weighted by Crippen LogP contribution is 2.38. The number of amides is 1. The summed E-state index contributed by atoms with van der Waals surface area (Å²) in [6.07, 6.45) is 4.10. The number of fused-ring (bicyclic) bond motifs is 1. The van der Waals surface area contributed by atoms with Gasteiger partial charge in [-0.25, -0.2) is 0 Å². The molecule has 2 aromatic rings. The van der Waals surface area contributed by atoms with E-state index in [9.17, 15) is 10.1 Å². The molecule has 1 heterocycles. The quantitative estimate of drug-likeness (QED) is 0.737. The molecular weight excluding hydrogens is 354 g/mol. The number of carbonyl (C=O) groups is 1. The van der Waals surface area contributed by atoms with Crippen LogP contribution >= 0.6 is 11.3 Å². The summed E-state index contributed by atoms with van der Waals surface area (Å²) in [6.45, 7) is 6.68. The number of nitrogens with zero attached hydrogens (tertiary/aromatic N) is 1. The molecule has 0 saturated heterocycles. The zero-order chi connectivity index (χ0) is 19.4. The Morgan fingerprint density at radius 2 is 2.00 bits per heavy atom. The summed E-state index contributed by atoms with van der Waals surface area (Å²) >= 11 is 1.56. The molecule has 1 aliphatic carbocycles. The zero-order valence-corrected chi connectivity index (χ0v) is 17.1. The lowest BCUT2D eigenvalue weighted by Crippen LogP contribution is -2.33. The summed E-state index contributed by atoms with van der Waals surface area (Å²) in [5, 5.41) is 16.5. The van der Waals surface area contributed by atoms with Crippen molar-refractivity contribution in [1.29, 1.82) is 5.26 Å². The first-order valence-corrected chi connectivity index (χ1v) is 10.5. The predicted octanol–water partition coefficient (Wildman–Crippen LogP) is 4.60. The second-order valence-electron chi connectivity index (χ2n) is 7.42. The molecule has 142 valence electrons. The second-order valence-corrected chi connectivity index (χ2v) is 8.52. The summed E-state index contributed by atoms with van der Waals surface area (Å²) in [6, 6.07) is 11.0. The average molecular weight is 382 g/mol. The van der Waals surface area contributed by atoms with Crippen LogP contribution in [0.15, 0.2) is 24.3 Å². The van der Waals surface area contributed by atoms with Gasteiger partial charge in [0.2, 0.25) is 5.91 Å². The van der Waals surface area contributed by atoms with Gasteiger partial charge in [-0.3, -0.25) is 4.79 Å². The van der Waals surface area contributed by atoms with E-state index in [1.807, 2.05) is 0 Å².